The number of halogens is 2. The average Bonchev–Trinajstić information content (AvgIpc) is 2.28. The third-order valence-electron chi connectivity index (χ3n) is 2.86. The molecule has 0 atom stereocenters. The zero-order valence-electron chi connectivity index (χ0n) is 9.20. The predicted octanol–water partition coefficient (Wildman–Crippen LogP) is 2.81. The Kier molecular flexibility index (Phi) is 4.22. The van der Waals surface area contributed by atoms with Crippen molar-refractivity contribution < 1.29 is 9.90 Å². The van der Waals surface area contributed by atoms with Gasteiger partial charge in [-0.05, 0) is 31.0 Å². The molecule has 0 radical (unpaired) electrons. The first-order valence-electron chi connectivity index (χ1n) is 5.49. The molecule has 1 aromatic rings. The molecule has 92 valence electrons. The number of likely N-dealkylation sites (tertiary alicyclic amines) is 1. The van der Waals surface area contributed by atoms with Crippen molar-refractivity contribution in [3.8, 4) is 0 Å². The first-order valence-corrected chi connectivity index (χ1v) is 7.08. The molecule has 2 rings (SSSR count). The number of nitrogens with zero attached hydrogens (tertiary/aromatic N) is 1. The van der Waals surface area contributed by atoms with Crippen molar-refractivity contribution in [2.24, 2.45) is 0 Å². The summed E-state index contributed by atoms with van der Waals surface area (Å²) in [6.45, 7) is 1.26. The van der Waals surface area contributed by atoms with Gasteiger partial charge in [0, 0.05) is 27.6 Å². The van der Waals surface area contributed by atoms with Gasteiger partial charge in [-0.15, -0.1) is 0 Å². The van der Waals surface area contributed by atoms with Gasteiger partial charge < -0.3 is 10.0 Å². The Hall–Kier alpha value is -0.390. The molecule has 5 heteroatoms. The largest absolute Gasteiger partial charge is 0.393 e. The highest BCUT2D eigenvalue weighted by molar-refractivity contribution is 9.11. The Bertz CT molecular complexity index is 408. The highest BCUT2D eigenvalue weighted by Crippen LogP contribution is 2.22. The summed E-state index contributed by atoms with van der Waals surface area (Å²) in [6, 6.07) is 5.53. The number of rotatable bonds is 1. The van der Waals surface area contributed by atoms with Gasteiger partial charge in [-0.3, -0.25) is 4.79 Å². The van der Waals surface area contributed by atoms with Crippen LogP contribution in [0, 0.1) is 0 Å². The summed E-state index contributed by atoms with van der Waals surface area (Å²) in [4.78, 5) is 14.0. The molecule has 1 N–H and O–H groups in total. The van der Waals surface area contributed by atoms with Gasteiger partial charge in [-0.25, -0.2) is 0 Å². The number of aliphatic hydroxyl groups is 1. The zero-order chi connectivity index (χ0) is 12.4. The average molecular weight is 363 g/mol. The third kappa shape index (κ3) is 3.30. The lowest BCUT2D eigenvalue weighted by atomic mass is 10.1. The molecule has 3 nitrogen and oxygen atoms in total. The van der Waals surface area contributed by atoms with E-state index >= 15 is 0 Å². The monoisotopic (exact) mass is 361 g/mol. The van der Waals surface area contributed by atoms with Crippen LogP contribution in [0.2, 0.25) is 0 Å². The van der Waals surface area contributed by atoms with E-state index in [4.69, 9.17) is 0 Å². The fraction of sp³-hybridized carbons (Fsp3) is 0.417. The van der Waals surface area contributed by atoms with Crippen molar-refractivity contribution in [2.75, 3.05) is 13.1 Å². The van der Waals surface area contributed by atoms with E-state index in [2.05, 4.69) is 31.9 Å². The van der Waals surface area contributed by atoms with Gasteiger partial charge in [0.2, 0.25) is 0 Å². The standard InChI is InChI=1S/C12H13Br2NO2/c13-9-5-8(6-10(14)7-9)12(17)15-3-1-11(16)2-4-15/h5-7,11,16H,1-4H2. The second-order valence-electron chi connectivity index (χ2n) is 4.18. The smallest absolute Gasteiger partial charge is 0.253 e. The van der Waals surface area contributed by atoms with Crippen molar-refractivity contribution in [1.82, 2.24) is 4.90 Å². The fourth-order valence-corrected chi connectivity index (χ4v) is 3.22. The number of aliphatic hydroxyl groups excluding tert-OH is 1. The summed E-state index contributed by atoms with van der Waals surface area (Å²) in [6.07, 6.45) is 1.08. The molecule has 0 aliphatic carbocycles. The van der Waals surface area contributed by atoms with Crippen molar-refractivity contribution in [3.63, 3.8) is 0 Å². The topological polar surface area (TPSA) is 40.5 Å². The van der Waals surface area contributed by atoms with Crippen LogP contribution >= 0.6 is 31.9 Å². The lowest BCUT2D eigenvalue weighted by molar-refractivity contribution is 0.0546. The van der Waals surface area contributed by atoms with Gasteiger partial charge in [0.1, 0.15) is 0 Å². The molecule has 1 aromatic carbocycles. The van der Waals surface area contributed by atoms with Crippen LogP contribution in [-0.2, 0) is 0 Å². The normalized spacial score (nSPS) is 17.2. The number of carbonyl (C=O) groups excluding carboxylic acids is 1. The molecular formula is C12H13Br2NO2. The first-order chi connectivity index (χ1) is 8.06. The van der Waals surface area contributed by atoms with E-state index in [0.29, 0.717) is 31.5 Å². The van der Waals surface area contributed by atoms with Crippen LogP contribution < -0.4 is 0 Å². The highest BCUT2D eigenvalue weighted by atomic mass is 79.9. The van der Waals surface area contributed by atoms with Crippen molar-refractivity contribution >= 4 is 37.8 Å². The Morgan fingerprint density at radius 3 is 2.24 bits per heavy atom. The van der Waals surface area contributed by atoms with Crippen LogP contribution in [0.3, 0.4) is 0 Å². The molecule has 1 aliphatic rings. The number of carbonyl (C=O) groups is 1. The Morgan fingerprint density at radius 1 is 1.18 bits per heavy atom. The summed E-state index contributed by atoms with van der Waals surface area (Å²) < 4.78 is 1.76. The predicted molar refractivity (Wildman–Crippen MR) is 73.0 cm³/mol. The van der Waals surface area contributed by atoms with Crippen LogP contribution in [0.5, 0.6) is 0 Å². The molecule has 1 amide bonds. The Balaban J connectivity index is 2.14. The Morgan fingerprint density at radius 2 is 1.71 bits per heavy atom. The van der Waals surface area contributed by atoms with Gasteiger partial charge in [0.25, 0.3) is 5.91 Å². The van der Waals surface area contributed by atoms with Gasteiger partial charge in [-0.1, -0.05) is 31.9 Å². The van der Waals surface area contributed by atoms with E-state index in [9.17, 15) is 9.90 Å². The second-order valence-corrected chi connectivity index (χ2v) is 6.01. The van der Waals surface area contributed by atoms with E-state index in [0.717, 1.165) is 8.95 Å². The van der Waals surface area contributed by atoms with Gasteiger partial charge in [0.15, 0.2) is 0 Å². The summed E-state index contributed by atoms with van der Waals surface area (Å²) in [5.41, 5.74) is 0.669. The van der Waals surface area contributed by atoms with Crippen LogP contribution in [-0.4, -0.2) is 35.1 Å². The second kappa shape index (κ2) is 5.50. The third-order valence-corrected chi connectivity index (χ3v) is 3.78. The van der Waals surface area contributed by atoms with Gasteiger partial charge in [-0.2, -0.15) is 0 Å². The molecule has 1 heterocycles. The number of hydrogen-bond acceptors (Lipinski definition) is 2. The van der Waals surface area contributed by atoms with Gasteiger partial charge in [0.05, 0.1) is 6.10 Å². The minimum atomic E-state index is -0.256. The van der Waals surface area contributed by atoms with Gasteiger partial charge >= 0.3 is 0 Å². The molecular weight excluding hydrogens is 350 g/mol. The van der Waals surface area contributed by atoms with Crippen molar-refractivity contribution in [1.29, 1.82) is 0 Å². The molecule has 0 bridgehead atoms. The number of hydrogen-bond donors (Lipinski definition) is 1. The molecule has 0 unspecified atom stereocenters. The Labute approximate surface area is 117 Å². The maximum atomic E-state index is 12.2. The quantitative estimate of drug-likeness (QED) is 0.834. The molecule has 0 saturated carbocycles. The van der Waals surface area contributed by atoms with E-state index in [1.807, 2.05) is 18.2 Å². The van der Waals surface area contributed by atoms with Crippen LogP contribution in [0.4, 0.5) is 0 Å². The number of benzene rings is 1. The SMILES string of the molecule is O=C(c1cc(Br)cc(Br)c1)N1CCC(O)CC1. The summed E-state index contributed by atoms with van der Waals surface area (Å²) >= 11 is 6.75. The van der Waals surface area contributed by atoms with E-state index in [-0.39, 0.29) is 12.0 Å². The highest BCUT2D eigenvalue weighted by Gasteiger charge is 2.22. The molecule has 0 spiro atoms. The number of amides is 1. The summed E-state index contributed by atoms with van der Waals surface area (Å²) in [5.74, 6) is 0.0268. The van der Waals surface area contributed by atoms with E-state index in [1.165, 1.54) is 0 Å². The molecule has 1 fully saturated rings. The van der Waals surface area contributed by atoms with Crippen molar-refractivity contribution in [3.05, 3.63) is 32.7 Å². The summed E-state index contributed by atoms with van der Waals surface area (Å²) in [5, 5.41) is 9.41. The molecule has 17 heavy (non-hydrogen) atoms. The molecule has 0 aromatic heterocycles. The fourth-order valence-electron chi connectivity index (χ4n) is 1.93. The van der Waals surface area contributed by atoms with Crippen molar-refractivity contribution in [2.45, 2.75) is 18.9 Å². The molecule has 1 saturated heterocycles. The van der Waals surface area contributed by atoms with E-state index in [1.54, 1.807) is 4.90 Å². The summed E-state index contributed by atoms with van der Waals surface area (Å²) in [7, 11) is 0. The molecule has 1 aliphatic heterocycles. The zero-order valence-corrected chi connectivity index (χ0v) is 12.4. The minimum absolute atomic E-state index is 0.0268. The maximum absolute atomic E-state index is 12.2. The lowest BCUT2D eigenvalue weighted by Gasteiger charge is -2.29. The van der Waals surface area contributed by atoms with E-state index < -0.39 is 0 Å². The lowest BCUT2D eigenvalue weighted by Crippen LogP contribution is -2.40. The maximum Gasteiger partial charge on any atom is 0.253 e. The van der Waals surface area contributed by atoms with Crippen LogP contribution in [0.25, 0.3) is 0 Å². The number of piperidine rings is 1. The first kappa shape index (κ1) is 13.1. The minimum Gasteiger partial charge on any atom is -0.393 e. The van der Waals surface area contributed by atoms with Crippen LogP contribution in [0.15, 0.2) is 27.1 Å². The van der Waals surface area contributed by atoms with Crippen LogP contribution in [0.1, 0.15) is 23.2 Å².